The molecule has 1 N–H and O–H groups in total. The van der Waals surface area contributed by atoms with E-state index in [2.05, 4.69) is 73.5 Å². The Balaban J connectivity index is 1.67. The molecule has 2 aromatic rings. The fourth-order valence-electron chi connectivity index (χ4n) is 3.76. The Morgan fingerprint density at radius 1 is 1.00 bits per heavy atom. The third-order valence-electron chi connectivity index (χ3n) is 5.02. The SMILES string of the molecule is CC1CC(Nc2ccc(C(C)C)cn2)CC(c2ccccc2)C1. The maximum atomic E-state index is 4.61. The van der Waals surface area contributed by atoms with Crippen LogP contribution >= 0.6 is 0 Å². The number of pyridine rings is 1. The van der Waals surface area contributed by atoms with Gasteiger partial charge in [0.25, 0.3) is 0 Å². The lowest BCUT2D eigenvalue weighted by molar-refractivity contribution is 0.320. The van der Waals surface area contributed by atoms with Crippen LogP contribution in [0.15, 0.2) is 48.7 Å². The van der Waals surface area contributed by atoms with Crippen LogP contribution in [0.3, 0.4) is 0 Å². The summed E-state index contributed by atoms with van der Waals surface area (Å²) in [5.74, 6) is 2.96. The molecular formula is C21H28N2. The molecular weight excluding hydrogens is 280 g/mol. The van der Waals surface area contributed by atoms with Crippen molar-refractivity contribution in [2.75, 3.05) is 5.32 Å². The summed E-state index contributed by atoms with van der Waals surface area (Å²) < 4.78 is 0. The van der Waals surface area contributed by atoms with Crippen molar-refractivity contribution in [3.8, 4) is 0 Å². The number of hydrogen-bond donors (Lipinski definition) is 1. The highest BCUT2D eigenvalue weighted by atomic mass is 15.0. The summed E-state index contributed by atoms with van der Waals surface area (Å²) in [6, 6.07) is 15.8. The number of anilines is 1. The number of rotatable bonds is 4. The lowest BCUT2D eigenvalue weighted by Gasteiger charge is -2.34. The first-order chi connectivity index (χ1) is 11.1. The standard InChI is InChI=1S/C21H28N2/c1-15(2)18-9-10-21(22-14-18)23-20-12-16(3)11-19(13-20)17-7-5-4-6-8-17/h4-10,14-16,19-20H,11-13H2,1-3H3,(H,22,23). The van der Waals surface area contributed by atoms with Gasteiger partial charge in [-0.15, -0.1) is 0 Å². The predicted molar refractivity (Wildman–Crippen MR) is 97.9 cm³/mol. The van der Waals surface area contributed by atoms with Crippen LogP contribution in [0.1, 0.15) is 63.0 Å². The highest BCUT2D eigenvalue weighted by Crippen LogP contribution is 2.37. The predicted octanol–water partition coefficient (Wildman–Crippen LogP) is 5.59. The molecule has 2 heteroatoms. The van der Waals surface area contributed by atoms with Gasteiger partial charge in [0.15, 0.2) is 0 Å². The first kappa shape index (κ1) is 16.0. The van der Waals surface area contributed by atoms with Crippen LogP contribution in [0.5, 0.6) is 0 Å². The van der Waals surface area contributed by atoms with E-state index in [1.807, 2.05) is 6.20 Å². The minimum atomic E-state index is 0.515. The van der Waals surface area contributed by atoms with Gasteiger partial charge in [0, 0.05) is 12.2 Å². The zero-order valence-electron chi connectivity index (χ0n) is 14.5. The monoisotopic (exact) mass is 308 g/mol. The van der Waals surface area contributed by atoms with E-state index in [0.29, 0.717) is 17.9 Å². The van der Waals surface area contributed by atoms with Gasteiger partial charge in [-0.25, -0.2) is 4.98 Å². The van der Waals surface area contributed by atoms with Gasteiger partial charge in [0.2, 0.25) is 0 Å². The minimum Gasteiger partial charge on any atom is -0.367 e. The molecule has 0 spiro atoms. The molecule has 3 rings (SSSR count). The zero-order valence-corrected chi connectivity index (χ0v) is 14.5. The number of benzene rings is 1. The fourth-order valence-corrected chi connectivity index (χ4v) is 3.76. The molecule has 1 aliphatic carbocycles. The molecule has 0 amide bonds. The average molecular weight is 308 g/mol. The number of nitrogens with zero attached hydrogens (tertiary/aromatic N) is 1. The molecule has 1 aromatic carbocycles. The summed E-state index contributed by atoms with van der Waals surface area (Å²) in [6.07, 6.45) is 5.73. The smallest absolute Gasteiger partial charge is 0.126 e. The van der Waals surface area contributed by atoms with E-state index in [9.17, 15) is 0 Å². The Kier molecular flexibility index (Phi) is 5.00. The van der Waals surface area contributed by atoms with Gasteiger partial charge >= 0.3 is 0 Å². The van der Waals surface area contributed by atoms with Crippen molar-refractivity contribution in [1.29, 1.82) is 0 Å². The second-order valence-corrected chi connectivity index (χ2v) is 7.39. The lowest BCUT2D eigenvalue weighted by Crippen LogP contribution is -2.30. The van der Waals surface area contributed by atoms with E-state index in [-0.39, 0.29) is 0 Å². The van der Waals surface area contributed by atoms with Gasteiger partial charge in [-0.1, -0.05) is 57.2 Å². The maximum absolute atomic E-state index is 4.61. The highest BCUT2D eigenvalue weighted by molar-refractivity contribution is 5.38. The molecule has 2 nitrogen and oxygen atoms in total. The van der Waals surface area contributed by atoms with Gasteiger partial charge in [0.05, 0.1) is 0 Å². The molecule has 0 aliphatic heterocycles. The highest BCUT2D eigenvalue weighted by Gasteiger charge is 2.27. The zero-order chi connectivity index (χ0) is 16.2. The van der Waals surface area contributed by atoms with E-state index in [0.717, 1.165) is 11.7 Å². The van der Waals surface area contributed by atoms with E-state index in [1.54, 1.807) is 0 Å². The summed E-state index contributed by atoms with van der Waals surface area (Å²) in [7, 11) is 0. The van der Waals surface area contributed by atoms with E-state index in [1.165, 1.54) is 30.4 Å². The molecule has 3 atom stereocenters. The van der Waals surface area contributed by atoms with Gasteiger partial charge in [-0.3, -0.25) is 0 Å². The van der Waals surface area contributed by atoms with Crippen molar-refractivity contribution in [1.82, 2.24) is 4.98 Å². The van der Waals surface area contributed by atoms with Crippen LogP contribution < -0.4 is 5.32 Å². The Hall–Kier alpha value is -1.83. The van der Waals surface area contributed by atoms with Crippen molar-refractivity contribution >= 4 is 5.82 Å². The quantitative estimate of drug-likeness (QED) is 0.796. The van der Waals surface area contributed by atoms with Crippen LogP contribution in [0.25, 0.3) is 0 Å². The molecule has 1 heterocycles. The molecule has 1 aliphatic rings. The molecule has 0 radical (unpaired) electrons. The Morgan fingerprint density at radius 3 is 2.43 bits per heavy atom. The van der Waals surface area contributed by atoms with Gasteiger partial charge in [-0.2, -0.15) is 0 Å². The van der Waals surface area contributed by atoms with Crippen molar-refractivity contribution < 1.29 is 0 Å². The Labute approximate surface area is 140 Å². The van der Waals surface area contributed by atoms with Crippen LogP contribution in [0.2, 0.25) is 0 Å². The summed E-state index contributed by atoms with van der Waals surface area (Å²) in [4.78, 5) is 4.61. The van der Waals surface area contributed by atoms with Crippen LogP contribution in [-0.4, -0.2) is 11.0 Å². The molecule has 1 fully saturated rings. The lowest BCUT2D eigenvalue weighted by atomic mass is 9.76. The molecule has 1 aromatic heterocycles. The van der Waals surface area contributed by atoms with Crippen molar-refractivity contribution in [3.05, 3.63) is 59.8 Å². The maximum Gasteiger partial charge on any atom is 0.126 e. The third kappa shape index (κ3) is 4.13. The summed E-state index contributed by atoms with van der Waals surface area (Å²) in [6.45, 7) is 6.79. The number of hydrogen-bond acceptors (Lipinski definition) is 2. The second kappa shape index (κ2) is 7.16. The second-order valence-electron chi connectivity index (χ2n) is 7.39. The minimum absolute atomic E-state index is 0.515. The van der Waals surface area contributed by atoms with Crippen LogP contribution in [-0.2, 0) is 0 Å². The largest absolute Gasteiger partial charge is 0.367 e. The van der Waals surface area contributed by atoms with Crippen LogP contribution in [0, 0.1) is 5.92 Å². The topological polar surface area (TPSA) is 24.9 Å². The molecule has 1 saturated carbocycles. The van der Waals surface area contributed by atoms with Crippen molar-refractivity contribution in [2.45, 2.75) is 57.9 Å². The summed E-state index contributed by atoms with van der Waals surface area (Å²) in [5.41, 5.74) is 2.78. The fraction of sp³-hybridized carbons (Fsp3) is 0.476. The first-order valence-electron chi connectivity index (χ1n) is 8.89. The van der Waals surface area contributed by atoms with Gasteiger partial charge < -0.3 is 5.32 Å². The molecule has 3 unspecified atom stereocenters. The summed E-state index contributed by atoms with van der Waals surface area (Å²) >= 11 is 0. The first-order valence-corrected chi connectivity index (χ1v) is 8.89. The van der Waals surface area contributed by atoms with Crippen LogP contribution in [0.4, 0.5) is 5.82 Å². The average Bonchev–Trinajstić information content (AvgIpc) is 2.55. The van der Waals surface area contributed by atoms with E-state index >= 15 is 0 Å². The normalized spacial score (nSPS) is 24.6. The van der Waals surface area contributed by atoms with Gasteiger partial charge in [0.1, 0.15) is 5.82 Å². The summed E-state index contributed by atoms with van der Waals surface area (Å²) in [5, 5.41) is 3.67. The van der Waals surface area contributed by atoms with Crippen molar-refractivity contribution in [3.63, 3.8) is 0 Å². The molecule has 0 saturated heterocycles. The van der Waals surface area contributed by atoms with Crippen molar-refractivity contribution in [2.24, 2.45) is 5.92 Å². The molecule has 0 bridgehead atoms. The Bertz CT molecular complexity index is 603. The molecule has 23 heavy (non-hydrogen) atoms. The van der Waals surface area contributed by atoms with E-state index in [4.69, 9.17) is 0 Å². The van der Waals surface area contributed by atoms with E-state index < -0.39 is 0 Å². The number of nitrogens with one attached hydrogen (secondary N) is 1. The Morgan fingerprint density at radius 2 is 1.78 bits per heavy atom. The molecule has 122 valence electrons. The number of aromatic nitrogens is 1. The third-order valence-corrected chi connectivity index (χ3v) is 5.02. The van der Waals surface area contributed by atoms with Gasteiger partial charge in [-0.05, 0) is 54.2 Å².